The first kappa shape index (κ1) is 18.9. The molecule has 0 saturated heterocycles. The van der Waals surface area contributed by atoms with Crippen molar-refractivity contribution in [2.45, 2.75) is 32.2 Å². The zero-order valence-corrected chi connectivity index (χ0v) is 16.1. The average Bonchev–Trinajstić information content (AvgIpc) is 2.72. The van der Waals surface area contributed by atoms with Crippen molar-refractivity contribution >= 4 is 38.7 Å². The van der Waals surface area contributed by atoms with E-state index in [0.29, 0.717) is 33.7 Å². The summed E-state index contributed by atoms with van der Waals surface area (Å²) in [7, 11) is 1.29. The van der Waals surface area contributed by atoms with Crippen LogP contribution in [-0.2, 0) is 9.53 Å². The number of phenolic OH excluding ortho intramolecular Hbond substituents is 1. The zero-order valence-electron chi connectivity index (χ0n) is 16.1. The molecular formula is C22H21NO6. The van der Waals surface area contributed by atoms with Crippen molar-refractivity contribution in [2.75, 3.05) is 7.11 Å². The molecule has 4 rings (SSSR count). The van der Waals surface area contributed by atoms with E-state index in [1.165, 1.54) is 29.9 Å². The SMILES string of the molecule is CCCCC(C(=O)OC)n1cc2c3cc(O)ccc3oc3ccc(=O)c(c1O)c32. The molecule has 7 heteroatoms. The minimum absolute atomic E-state index is 0.0392. The summed E-state index contributed by atoms with van der Waals surface area (Å²) in [5.74, 6) is -0.774. The van der Waals surface area contributed by atoms with Crippen LogP contribution in [0.25, 0.3) is 32.7 Å². The van der Waals surface area contributed by atoms with Gasteiger partial charge >= 0.3 is 5.97 Å². The summed E-state index contributed by atoms with van der Waals surface area (Å²) in [4.78, 5) is 25.1. The van der Waals surface area contributed by atoms with Gasteiger partial charge in [0.15, 0.2) is 5.43 Å². The fraction of sp³-hybridized carbons (Fsp3) is 0.273. The first-order chi connectivity index (χ1) is 14.0. The van der Waals surface area contributed by atoms with Crippen molar-refractivity contribution in [3.05, 3.63) is 46.8 Å². The highest BCUT2D eigenvalue weighted by Gasteiger charge is 2.26. The number of methoxy groups -OCH3 is 1. The Morgan fingerprint density at radius 3 is 2.62 bits per heavy atom. The van der Waals surface area contributed by atoms with Crippen LogP contribution in [0.3, 0.4) is 0 Å². The summed E-state index contributed by atoms with van der Waals surface area (Å²) in [6.07, 6.45) is 3.67. The number of nitrogens with zero attached hydrogens (tertiary/aromatic N) is 1. The molecule has 0 amide bonds. The number of aromatic nitrogens is 1. The van der Waals surface area contributed by atoms with E-state index in [1.807, 2.05) is 6.92 Å². The van der Waals surface area contributed by atoms with Crippen LogP contribution in [0, 0.1) is 0 Å². The van der Waals surface area contributed by atoms with Gasteiger partial charge in [-0.2, -0.15) is 0 Å². The molecule has 4 aromatic rings. The molecule has 1 unspecified atom stereocenters. The Morgan fingerprint density at radius 2 is 1.90 bits per heavy atom. The van der Waals surface area contributed by atoms with Gasteiger partial charge in [0, 0.05) is 22.4 Å². The van der Waals surface area contributed by atoms with Crippen molar-refractivity contribution in [3.8, 4) is 11.6 Å². The van der Waals surface area contributed by atoms with Crippen LogP contribution < -0.4 is 5.43 Å². The lowest BCUT2D eigenvalue weighted by atomic mass is 10.0. The number of carbonyl (C=O) groups excluding carboxylic acids is 1. The lowest BCUT2D eigenvalue weighted by molar-refractivity contribution is -0.145. The summed E-state index contributed by atoms with van der Waals surface area (Å²) in [6, 6.07) is 6.78. The molecule has 0 spiro atoms. The number of phenols is 1. The van der Waals surface area contributed by atoms with Crippen LogP contribution in [0.2, 0.25) is 0 Å². The summed E-state index contributed by atoms with van der Waals surface area (Å²) in [5, 5.41) is 22.6. The number of benzene rings is 2. The second-order valence-corrected chi connectivity index (χ2v) is 7.05. The maximum absolute atomic E-state index is 12.7. The number of ether oxygens (including phenoxy) is 1. The monoisotopic (exact) mass is 395 g/mol. The second-order valence-electron chi connectivity index (χ2n) is 7.05. The minimum atomic E-state index is -0.785. The van der Waals surface area contributed by atoms with E-state index in [1.54, 1.807) is 18.3 Å². The molecule has 0 saturated carbocycles. The lowest BCUT2D eigenvalue weighted by Gasteiger charge is -2.22. The number of carbonyl (C=O) groups is 1. The molecule has 0 fully saturated rings. The zero-order chi connectivity index (χ0) is 20.7. The Hall–Kier alpha value is -3.48. The van der Waals surface area contributed by atoms with Crippen molar-refractivity contribution < 1.29 is 24.2 Å². The van der Waals surface area contributed by atoms with Gasteiger partial charge < -0.3 is 23.9 Å². The Kier molecular flexibility index (Phi) is 4.66. The van der Waals surface area contributed by atoms with Gasteiger partial charge in [0.25, 0.3) is 0 Å². The molecular weight excluding hydrogens is 374 g/mol. The Morgan fingerprint density at radius 1 is 1.14 bits per heavy atom. The number of pyridine rings is 1. The molecule has 7 nitrogen and oxygen atoms in total. The summed E-state index contributed by atoms with van der Waals surface area (Å²) >= 11 is 0. The molecule has 0 bridgehead atoms. The first-order valence-electron chi connectivity index (χ1n) is 9.46. The van der Waals surface area contributed by atoms with Gasteiger partial charge in [-0.3, -0.25) is 4.79 Å². The summed E-state index contributed by atoms with van der Waals surface area (Å²) < 4.78 is 12.2. The molecule has 2 N–H and O–H groups in total. The third kappa shape index (κ3) is 2.99. The van der Waals surface area contributed by atoms with Gasteiger partial charge in [-0.25, -0.2) is 4.79 Å². The number of esters is 1. The molecule has 29 heavy (non-hydrogen) atoms. The van der Waals surface area contributed by atoms with E-state index in [-0.39, 0.29) is 22.4 Å². The van der Waals surface area contributed by atoms with Crippen LogP contribution in [0.5, 0.6) is 11.6 Å². The first-order valence-corrected chi connectivity index (χ1v) is 9.46. The van der Waals surface area contributed by atoms with Gasteiger partial charge in [0.05, 0.1) is 12.5 Å². The molecule has 0 aliphatic heterocycles. The highest BCUT2D eigenvalue weighted by atomic mass is 16.5. The predicted octanol–water partition coefficient (Wildman–Crippen LogP) is 4.22. The number of hydrogen-bond donors (Lipinski definition) is 2. The van der Waals surface area contributed by atoms with Crippen LogP contribution in [0.15, 0.2) is 45.7 Å². The number of fused-ring (bicyclic) bond motifs is 2. The van der Waals surface area contributed by atoms with E-state index in [9.17, 15) is 19.8 Å². The quantitative estimate of drug-likeness (QED) is 0.298. The van der Waals surface area contributed by atoms with E-state index in [0.717, 1.165) is 12.8 Å². The Bertz CT molecular complexity index is 1300. The van der Waals surface area contributed by atoms with Gasteiger partial charge in [-0.05, 0) is 36.8 Å². The van der Waals surface area contributed by atoms with Crippen molar-refractivity contribution in [2.24, 2.45) is 0 Å². The van der Waals surface area contributed by atoms with Gasteiger partial charge in [0.2, 0.25) is 5.88 Å². The van der Waals surface area contributed by atoms with Crippen LogP contribution >= 0.6 is 0 Å². The number of rotatable bonds is 5. The normalized spacial score (nSPS) is 12.6. The lowest BCUT2D eigenvalue weighted by Crippen LogP contribution is -2.22. The molecule has 0 aliphatic carbocycles. The van der Waals surface area contributed by atoms with Crippen LogP contribution in [0.4, 0.5) is 0 Å². The molecule has 0 aliphatic rings. The highest BCUT2D eigenvalue weighted by Crippen LogP contribution is 2.38. The minimum Gasteiger partial charge on any atom is -0.508 e. The maximum atomic E-state index is 12.7. The smallest absolute Gasteiger partial charge is 0.328 e. The van der Waals surface area contributed by atoms with Gasteiger partial charge in [-0.1, -0.05) is 19.8 Å². The van der Waals surface area contributed by atoms with E-state index in [4.69, 9.17) is 9.15 Å². The van der Waals surface area contributed by atoms with Gasteiger partial charge in [0.1, 0.15) is 23.0 Å². The predicted molar refractivity (Wildman–Crippen MR) is 109 cm³/mol. The van der Waals surface area contributed by atoms with E-state index < -0.39 is 12.0 Å². The molecule has 0 radical (unpaired) electrons. The highest BCUT2D eigenvalue weighted by molar-refractivity contribution is 6.18. The van der Waals surface area contributed by atoms with Gasteiger partial charge in [-0.15, -0.1) is 0 Å². The Labute approximate surface area is 165 Å². The summed E-state index contributed by atoms with van der Waals surface area (Å²) in [6.45, 7) is 2.00. The van der Waals surface area contributed by atoms with Crippen molar-refractivity contribution in [3.63, 3.8) is 0 Å². The Balaban J connectivity index is 2.16. The molecule has 2 aromatic heterocycles. The van der Waals surface area contributed by atoms with E-state index >= 15 is 0 Å². The number of aromatic hydroxyl groups is 2. The largest absolute Gasteiger partial charge is 0.508 e. The number of unbranched alkanes of at least 4 members (excludes halogenated alkanes) is 1. The third-order valence-electron chi connectivity index (χ3n) is 5.25. The molecule has 2 heterocycles. The number of hydrogen-bond acceptors (Lipinski definition) is 6. The molecule has 150 valence electrons. The standard InChI is InChI=1S/C22H21NO6/c1-3-4-5-15(22(27)28-2)23-11-14-13-10-12(24)6-8-17(13)29-18-9-7-16(25)20(19(14)18)21(23)26/h6-11,15,24,26H,3-5H2,1-2H3. The van der Waals surface area contributed by atoms with Crippen molar-refractivity contribution in [1.82, 2.24) is 4.57 Å². The fourth-order valence-corrected chi connectivity index (χ4v) is 3.81. The third-order valence-corrected chi connectivity index (χ3v) is 5.25. The summed E-state index contributed by atoms with van der Waals surface area (Å²) in [5.41, 5.74) is 0.553. The van der Waals surface area contributed by atoms with Crippen molar-refractivity contribution in [1.29, 1.82) is 0 Å². The molecule has 1 atom stereocenters. The van der Waals surface area contributed by atoms with Crippen LogP contribution in [0.1, 0.15) is 32.2 Å². The van der Waals surface area contributed by atoms with E-state index in [2.05, 4.69) is 0 Å². The second kappa shape index (κ2) is 7.16. The molecule has 2 aromatic carbocycles. The topological polar surface area (TPSA) is 102 Å². The van der Waals surface area contributed by atoms with Crippen LogP contribution in [-0.4, -0.2) is 27.9 Å². The average molecular weight is 395 g/mol. The fourth-order valence-electron chi connectivity index (χ4n) is 3.81. The maximum Gasteiger partial charge on any atom is 0.328 e.